The third-order valence-corrected chi connectivity index (χ3v) is 5.50. The SMILES string of the molecule is CC1(c2ccc3c(c2)OCO3)NC(=O)N(Cc2ccccc2Oc2ccccc2)C1=O. The lowest BCUT2D eigenvalue weighted by molar-refractivity contribution is -0.131. The van der Waals surface area contributed by atoms with Crippen molar-refractivity contribution in [1.29, 1.82) is 0 Å². The number of amides is 3. The minimum Gasteiger partial charge on any atom is -0.457 e. The van der Waals surface area contributed by atoms with Crippen molar-refractivity contribution >= 4 is 11.9 Å². The summed E-state index contributed by atoms with van der Waals surface area (Å²) < 4.78 is 16.7. The molecule has 0 saturated carbocycles. The normalized spacial score (nSPS) is 19.5. The van der Waals surface area contributed by atoms with Crippen molar-refractivity contribution in [2.45, 2.75) is 19.0 Å². The first kappa shape index (κ1) is 19.0. The van der Waals surface area contributed by atoms with Crippen LogP contribution in [0.25, 0.3) is 0 Å². The molecule has 2 aliphatic rings. The van der Waals surface area contributed by atoms with Crippen LogP contribution in [0.1, 0.15) is 18.1 Å². The van der Waals surface area contributed by atoms with Crippen molar-refractivity contribution in [3.63, 3.8) is 0 Å². The first-order chi connectivity index (χ1) is 15.0. The standard InChI is InChI=1S/C24H20N2O5/c1-24(17-11-12-20-21(13-17)30-15-29-20)22(27)26(23(28)25-24)14-16-7-5-6-10-19(16)31-18-8-3-2-4-9-18/h2-13H,14-15H2,1H3,(H,25,28). The second kappa shape index (κ2) is 7.36. The zero-order chi connectivity index (χ0) is 21.4. The Morgan fingerprint density at radius 3 is 2.55 bits per heavy atom. The Bertz CT molecular complexity index is 1160. The molecule has 2 aliphatic heterocycles. The lowest BCUT2D eigenvalue weighted by atomic mass is 9.91. The van der Waals surface area contributed by atoms with Gasteiger partial charge >= 0.3 is 6.03 Å². The van der Waals surface area contributed by atoms with E-state index in [9.17, 15) is 9.59 Å². The molecule has 156 valence electrons. The molecular formula is C24H20N2O5. The van der Waals surface area contributed by atoms with Crippen LogP contribution in [0, 0.1) is 0 Å². The zero-order valence-corrected chi connectivity index (χ0v) is 16.8. The largest absolute Gasteiger partial charge is 0.457 e. The second-order valence-electron chi connectivity index (χ2n) is 7.54. The third-order valence-electron chi connectivity index (χ3n) is 5.50. The van der Waals surface area contributed by atoms with Crippen LogP contribution in [0.15, 0.2) is 72.8 Å². The van der Waals surface area contributed by atoms with E-state index in [-0.39, 0.29) is 19.2 Å². The summed E-state index contributed by atoms with van der Waals surface area (Å²) in [5.41, 5.74) is 0.157. The Morgan fingerprint density at radius 1 is 0.968 bits per heavy atom. The molecule has 1 saturated heterocycles. The summed E-state index contributed by atoms with van der Waals surface area (Å²) >= 11 is 0. The summed E-state index contributed by atoms with van der Waals surface area (Å²) in [4.78, 5) is 27.3. The molecule has 7 heteroatoms. The predicted molar refractivity (Wildman–Crippen MR) is 112 cm³/mol. The van der Waals surface area contributed by atoms with Crippen molar-refractivity contribution < 1.29 is 23.8 Å². The Morgan fingerprint density at radius 2 is 1.71 bits per heavy atom. The van der Waals surface area contributed by atoms with Crippen LogP contribution in [0.5, 0.6) is 23.0 Å². The first-order valence-corrected chi connectivity index (χ1v) is 9.90. The lowest BCUT2D eigenvalue weighted by Gasteiger charge is -2.23. The molecule has 5 rings (SSSR count). The number of benzene rings is 3. The summed E-state index contributed by atoms with van der Waals surface area (Å²) in [6, 6.07) is 21.5. The highest BCUT2D eigenvalue weighted by atomic mass is 16.7. The van der Waals surface area contributed by atoms with Crippen molar-refractivity contribution in [2.24, 2.45) is 0 Å². The van der Waals surface area contributed by atoms with Crippen LogP contribution in [0.3, 0.4) is 0 Å². The molecule has 1 N–H and O–H groups in total. The van der Waals surface area contributed by atoms with E-state index in [1.54, 1.807) is 25.1 Å². The molecule has 1 unspecified atom stereocenters. The molecule has 0 aromatic heterocycles. The number of hydrogen-bond donors (Lipinski definition) is 1. The lowest BCUT2D eigenvalue weighted by Crippen LogP contribution is -2.40. The fraction of sp³-hybridized carbons (Fsp3) is 0.167. The van der Waals surface area contributed by atoms with E-state index in [2.05, 4.69) is 5.32 Å². The van der Waals surface area contributed by atoms with Gasteiger partial charge in [0.15, 0.2) is 11.5 Å². The molecule has 3 amide bonds. The zero-order valence-electron chi connectivity index (χ0n) is 16.8. The van der Waals surface area contributed by atoms with Gasteiger partial charge in [0.2, 0.25) is 6.79 Å². The molecular weight excluding hydrogens is 396 g/mol. The number of fused-ring (bicyclic) bond motifs is 1. The molecule has 31 heavy (non-hydrogen) atoms. The summed E-state index contributed by atoms with van der Waals surface area (Å²) in [6.07, 6.45) is 0. The summed E-state index contributed by atoms with van der Waals surface area (Å²) in [5.74, 6) is 2.10. The number of nitrogens with zero attached hydrogens (tertiary/aromatic N) is 1. The number of para-hydroxylation sites is 2. The Labute approximate surface area is 179 Å². The number of carbonyl (C=O) groups excluding carboxylic acids is 2. The van der Waals surface area contributed by atoms with Crippen molar-refractivity contribution in [2.75, 3.05) is 6.79 Å². The number of urea groups is 1. The Balaban J connectivity index is 1.41. The summed E-state index contributed by atoms with van der Waals surface area (Å²) in [5, 5.41) is 2.83. The number of hydrogen-bond acceptors (Lipinski definition) is 5. The highest BCUT2D eigenvalue weighted by molar-refractivity contribution is 6.07. The molecule has 2 heterocycles. The van der Waals surface area contributed by atoms with Crippen LogP contribution in [0.4, 0.5) is 4.79 Å². The van der Waals surface area contributed by atoms with Gasteiger partial charge < -0.3 is 19.5 Å². The van der Waals surface area contributed by atoms with Gasteiger partial charge in [0.05, 0.1) is 6.54 Å². The Hall–Kier alpha value is -4.00. The fourth-order valence-corrected chi connectivity index (χ4v) is 3.76. The molecule has 0 bridgehead atoms. The Kier molecular flexibility index (Phi) is 4.51. The minimum atomic E-state index is -1.20. The summed E-state index contributed by atoms with van der Waals surface area (Å²) in [7, 11) is 0. The summed E-state index contributed by atoms with van der Waals surface area (Å²) in [6.45, 7) is 1.92. The van der Waals surface area contributed by atoms with Crippen molar-refractivity contribution in [3.05, 3.63) is 83.9 Å². The minimum absolute atomic E-state index is 0.0911. The quantitative estimate of drug-likeness (QED) is 0.632. The molecule has 3 aromatic rings. The molecule has 1 fully saturated rings. The van der Waals surface area contributed by atoms with Crippen LogP contribution in [-0.2, 0) is 16.9 Å². The second-order valence-corrected chi connectivity index (χ2v) is 7.54. The maximum atomic E-state index is 13.3. The fourth-order valence-electron chi connectivity index (χ4n) is 3.76. The topological polar surface area (TPSA) is 77.1 Å². The van der Waals surface area contributed by atoms with Crippen LogP contribution in [-0.4, -0.2) is 23.6 Å². The van der Waals surface area contributed by atoms with Crippen molar-refractivity contribution in [1.82, 2.24) is 10.2 Å². The number of carbonyl (C=O) groups is 2. The van der Waals surface area contributed by atoms with E-state index in [0.717, 1.165) is 5.56 Å². The van der Waals surface area contributed by atoms with Gasteiger partial charge in [-0.1, -0.05) is 42.5 Å². The average molecular weight is 416 g/mol. The van der Waals surface area contributed by atoms with Gasteiger partial charge in [-0.15, -0.1) is 0 Å². The molecule has 3 aromatic carbocycles. The molecule has 1 atom stereocenters. The van der Waals surface area contributed by atoms with Gasteiger partial charge in [-0.05, 0) is 42.8 Å². The van der Waals surface area contributed by atoms with E-state index in [1.165, 1.54) is 4.90 Å². The van der Waals surface area contributed by atoms with Crippen LogP contribution in [0.2, 0.25) is 0 Å². The van der Waals surface area contributed by atoms with E-state index in [1.807, 2.05) is 54.6 Å². The molecule has 0 radical (unpaired) electrons. The van der Waals surface area contributed by atoms with Gasteiger partial charge in [0.1, 0.15) is 17.0 Å². The van der Waals surface area contributed by atoms with Crippen molar-refractivity contribution in [3.8, 4) is 23.0 Å². The van der Waals surface area contributed by atoms with Gasteiger partial charge in [-0.2, -0.15) is 0 Å². The third kappa shape index (κ3) is 3.34. The first-order valence-electron chi connectivity index (χ1n) is 9.90. The maximum absolute atomic E-state index is 13.3. The smallest absolute Gasteiger partial charge is 0.325 e. The van der Waals surface area contributed by atoms with E-state index in [4.69, 9.17) is 14.2 Å². The molecule has 7 nitrogen and oxygen atoms in total. The average Bonchev–Trinajstić information content (AvgIpc) is 3.34. The maximum Gasteiger partial charge on any atom is 0.325 e. The van der Waals surface area contributed by atoms with E-state index in [0.29, 0.717) is 28.6 Å². The monoisotopic (exact) mass is 416 g/mol. The highest BCUT2D eigenvalue weighted by Gasteiger charge is 2.49. The molecule has 0 aliphatic carbocycles. The van der Waals surface area contributed by atoms with Crippen LogP contribution >= 0.6 is 0 Å². The molecule has 0 spiro atoms. The van der Waals surface area contributed by atoms with Gasteiger partial charge in [0.25, 0.3) is 5.91 Å². The van der Waals surface area contributed by atoms with Gasteiger partial charge in [-0.25, -0.2) is 4.79 Å². The van der Waals surface area contributed by atoms with E-state index >= 15 is 0 Å². The van der Waals surface area contributed by atoms with Crippen LogP contribution < -0.4 is 19.5 Å². The number of imide groups is 1. The highest BCUT2D eigenvalue weighted by Crippen LogP contribution is 2.38. The number of ether oxygens (including phenoxy) is 3. The van der Waals surface area contributed by atoms with Gasteiger partial charge in [0, 0.05) is 5.56 Å². The predicted octanol–water partition coefficient (Wildman–Crippen LogP) is 4.17. The van der Waals surface area contributed by atoms with E-state index < -0.39 is 11.6 Å². The number of rotatable bonds is 5. The number of nitrogens with one attached hydrogen (secondary N) is 1. The van der Waals surface area contributed by atoms with Gasteiger partial charge in [-0.3, -0.25) is 9.69 Å².